The molecule has 2 atom stereocenters. The quantitative estimate of drug-likeness (QED) is 0.820. The number of nitrogens with one attached hydrogen (secondary N) is 1. The van der Waals surface area contributed by atoms with Crippen molar-refractivity contribution >= 4 is 0 Å². The predicted octanol–water partition coefficient (Wildman–Crippen LogP) is 4.42. The van der Waals surface area contributed by atoms with E-state index in [1.165, 1.54) is 5.56 Å². The van der Waals surface area contributed by atoms with Crippen LogP contribution in [0, 0.1) is 11.3 Å². The van der Waals surface area contributed by atoms with Crippen LogP contribution in [-0.4, -0.2) is 13.7 Å². The Morgan fingerprint density at radius 1 is 1.21 bits per heavy atom. The molecule has 1 N–H and O–H groups in total. The van der Waals surface area contributed by atoms with Gasteiger partial charge >= 0.3 is 0 Å². The maximum Gasteiger partial charge on any atom is 0.124 e. The zero-order valence-corrected chi connectivity index (χ0v) is 13.3. The Balaban J connectivity index is 2.91. The molecule has 0 radical (unpaired) electrons. The van der Waals surface area contributed by atoms with Gasteiger partial charge in [-0.3, -0.25) is 0 Å². The van der Waals surface area contributed by atoms with E-state index in [0.29, 0.717) is 24.0 Å². The van der Waals surface area contributed by atoms with Crippen LogP contribution in [0.2, 0.25) is 0 Å². The maximum atomic E-state index is 5.75. The molecule has 1 rings (SSSR count). The highest BCUT2D eigenvalue weighted by Gasteiger charge is 2.25. The highest BCUT2D eigenvalue weighted by Crippen LogP contribution is 2.35. The highest BCUT2D eigenvalue weighted by molar-refractivity contribution is 5.36. The third-order valence-corrected chi connectivity index (χ3v) is 4.01. The lowest BCUT2D eigenvalue weighted by Crippen LogP contribution is -2.25. The van der Waals surface area contributed by atoms with Gasteiger partial charge in [-0.25, -0.2) is 0 Å². The lowest BCUT2D eigenvalue weighted by atomic mass is 9.77. The van der Waals surface area contributed by atoms with E-state index < -0.39 is 0 Å². The first-order valence-electron chi connectivity index (χ1n) is 7.29. The molecule has 108 valence electrons. The first kappa shape index (κ1) is 16.0. The fourth-order valence-corrected chi connectivity index (χ4v) is 2.16. The number of ether oxygens (including phenoxy) is 1. The van der Waals surface area contributed by atoms with Gasteiger partial charge < -0.3 is 10.1 Å². The van der Waals surface area contributed by atoms with Gasteiger partial charge in [0.05, 0.1) is 6.61 Å². The van der Waals surface area contributed by atoms with Crippen molar-refractivity contribution in [2.75, 3.05) is 13.7 Å². The first-order chi connectivity index (χ1) is 8.90. The maximum absolute atomic E-state index is 5.75. The molecule has 0 amide bonds. The van der Waals surface area contributed by atoms with Gasteiger partial charge in [-0.15, -0.1) is 0 Å². The second kappa shape index (κ2) is 6.95. The van der Waals surface area contributed by atoms with Crippen molar-refractivity contribution in [2.45, 2.75) is 47.1 Å². The average Bonchev–Trinajstić information content (AvgIpc) is 2.36. The van der Waals surface area contributed by atoms with Crippen LogP contribution in [0.4, 0.5) is 0 Å². The number of hydrogen-bond acceptors (Lipinski definition) is 2. The molecule has 2 nitrogen and oxygen atoms in total. The molecular weight excluding hydrogens is 234 g/mol. The summed E-state index contributed by atoms with van der Waals surface area (Å²) in [6, 6.07) is 8.70. The summed E-state index contributed by atoms with van der Waals surface area (Å²) in [4.78, 5) is 0. The van der Waals surface area contributed by atoms with E-state index in [1.54, 1.807) is 0 Å². The summed E-state index contributed by atoms with van der Waals surface area (Å²) in [7, 11) is 2.03. The van der Waals surface area contributed by atoms with Crippen molar-refractivity contribution in [1.82, 2.24) is 5.32 Å². The summed E-state index contributed by atoms with van der Waals surface area (Å²) < 4.78 is 5.75. The molecular formula is C17H29NO. The molecule has 0 aliphatic rings. The Morgan fingerprint density at radius 2 is 1.84 bits per heavy atom. The number of hydrogen-bond donors (Lipinski definition) is 1. The summed E-state index contributed by atoms with van der Waals surface area (Å²) >= 11 is 0. The van der Waals surface area contributed by atoms with Crippen LogP contribution in [0.1, 0.15) is 52.6 Å². The summed E-state index contributed by atoms with van der Waals surface area (Å²) in [6.07, 6.45) is 1.12. The van der Waals surface area contributed by atoms with Gasteiger partial charge in [-0.2, -0.15) is 0 Å². The SMILES string of the molecule is CCOc1ccccc1C(CC(C)C(C)(C)C)NC. The predicted molar refractivity (Wildman–Crippen MR) is 82.6 cm³/mol. The fourth-order valence-electron chi connectivity index (χ4n) is 2.16. The molecule has 2 unspecified atom stereocenters. The van der Waals surface area contributed by atoms with Gasteiger partial charge in [0.25, 0.3) is 0 Å². The van der Waals surface area contributed by atoms with E-state index >= 15 is 0 Å². The molecule has 0 aliphatic carbocycles. The van der Waals surface area contributed by atoms with Crippen molar-refractivity contribution < 1.29 is 4.74 Å². The van der Waals surface area contributed by atoms with E-state index in [1.807, 2.05) is 20.0 Å². The normalized spacial score (nSPS) is 15.1. The zero-order valence-electron chi connectivity index (χ0n) is 13.3. The molecule has 0 spiro atoms. The van der Waals surface area contributed by atoms with E-state index in [-0.39, 0.29) is 0 Å². The molecule has 0 aliphatic heterocycles. The van der Waals surface area contributed by atoms with Gasteiger partial charge in [0, 0.05) is 11.6 Å². The molecule has 1 aromatic carbocycles. The molecule has 1 aromatic rings. The molecule has 0 aromatic heterocycles. The molecule has 19 heavy (non-hydrogen) atoms. The van der Waals surface area contributed by atoms with Gasteiger partial charge in [-0.05, 0) is 37.8 Å². The smallest absolute Gasteiger partial charge is 0.124 e. The van der Waals surface area contributed by atoms with Gasteiger partial charge in [0.1, 0.15) is 5.75 Å². The number of benzene rings is 1. The van der Waals surface area contributed by atoms with E-state index in [4.69, 9.17) is 4.74 Å². The van der Waals surface area contributed by atoms with E-state index in [2.05, 4.69) is 51.2 Å². The summed E-state index contributed by atoms with van der Waals surface area (Å²) in [5, 5.41) is 3.44. The molecule has 0 bridgehead atoms. The standard InChI is InChI=1S/C17H29NO/c1-7-19-16-11-9-8-10-14(16)15(18-6)12-13(2)17(3,4)5/h8-11,13,15,18H,7,12H2,1-6H3. The minimum atomic E-state index is 0.329. The largest absolute Gasteiger partial charge is 0.494 e. The third-order valence-electron chi connectivity index (χ3n) is 4.01. The van der Waals surface area contributed by atoms with Gasteiger partial charge in [0.15, 0.2) is 0 Å². The van der Waals surface area contributed by atoms with Crippen molar-refractivity contribution in [1.29, 1.82) is 0 Å². The van der Waals surface area contributed by atoms with E-state index in [0.717, 1.165) is 12.2 Å². The topological polar surface area (TPSA) is 21.3 Å². The Hall–Kier alpha value is -1.02. The van der Waals surface area contributed by atoms with Crippen LogP contribution in [0.15, 0.2) is 24.3 Å². The van der Waals surface area contributed by atoms with Crippen LogP contribution >= 0.6 is 0 Å². The van der Waals surface area contributed by atoms with Crippen molar-refractivity contribution in [3.63, 3.8) is 0 Å². The van der Waals surface area contributed by atoms with E-state index in [9.17, 15) is 0 Å². The van der Waals surface area contributed by atoms with Crippen LogP contribution < -0.4 is 10.1 Å². The lowest BCUT2D eigenvalue weighted by molar-refractivity contribution is 0.224. The Kier molecular flexibility index (Phi) is 5.86. The molecule has 2 heteroatoms. The molecule has 0 saturated heterocycles. The zero-order chi connectivity index (χ0) is 14.5. The average molecular weight is 263 g/mol. The lowest BCUT2D eigenvalue weighted by Gasteiger charge is -2.31. The van der Waals surface area contributed by atoms with Crippen LogP contribution in [0.25, 0.3) is 0 Å². The van der Waals surface area contributed by atoms with Crippen molar-refractivity contribution in [2.24, 2.45) is 11.3 Å². The Morgan fingerprint density at radius 3 is 2.37 bits per heavy atom. The number of rotatable bonds is 6. The summed E-state index contributed by atoms with van der Waals surface area (Å²) in [5.74, 6) is 1.64. The molecule has 0 heterocycles. The second-order valence-electron chi connectivity index (χ2n) is 6.31. The van der Waals surface area contributed by atoms with Gasteiger partial charge in [0.2, 0.25) is 0 Å². The molecule has 0 fully saturated rings. The fraction of sp³-hybridized carbons (Fsp3) is 0.647. The minimum absolute atomic E-state index is 0.329. The van der Waals surface area contributed by atoms with Crippen LogP contribution in [-0.2, 0) is 0 Å². The van der Waals surface area contributed by atoms with Crippen molar-refractivity contribution in [3.05, 3.63) is 29.8 Å². The Labute approximate surface area is 118 Å². The monoisotopic (exact) mass is 263 g/mol. The first-order valence-corrected chi connectivity index (χ1v) is 7.29. The van der Waals surface area contributed by atoms with Crippen LogP contribution in [0.3, 0.4) is 0 Å². The van der Waals surface area contributed by atoms with Gasteiger partial charge in [-0.1, -0.05) is 45.9 Å². The van der Waals surface area contributed by atoms with Crippen LogP contribution in [0.5, 0.6) is 5.75 Å². The highest BCUT2D eigenvalue weighted by atomic mass is 16.5. The summed E-state index contributed by atoms with van der Waals surface area (Å²) in [6.45, 7) is 12.0. The molecule has 0 saturated carbocycles. The Bertz CT molecular complexity index is 381. The number of para-hydroxylation sites is 1. The third kappa shape index (κ3) is 4.54. The van der Waals surface area contributed by atoms with Crippen molar-refractivity contribution in [3.8, 4) is 5.75 Å². The second-order valence-corrected chi connectivity index (χ2v) is 6.31. The minimum Gasteiger partial charge on any atom is -0.494 e. The summed E-state index contributed by atoms with van der Waals surface area (Å²) in [5.41, 5.74) is 1.60.